The molecule has 0 saturated heterocycles. The Hall–Kier alpha value is -1.06. The fraction of sp³-hybridized carbons (Fsp3) is 0.833. The minimum Gasteiger partial charge on any atom is -0.469 e. The second-order valence-electron chi connectivity index (χ2n) is 7.07. The fourth-order valence-electron chi connectivity index (χ4n) is 2.43. The Morgan fingerprint density at radius 3 is 2.04 bits per heavy atom. The lowest BCUT2D eigenvalue weighted by atomic mass is 9.93. The minimum atomic E-state index is -0.965. The van der Waals surface area contributed by atoms with E-state index in [0.29, 0.717) is 6.42 Å². The second kappa shape index (κ2) is 13.2. The van der Waals surface area contributed by atoms with Gasteiger partial charge in [0.05, 0.1) is 20.1 Å². The number of hydrogen-bond donors (Lipinski definition) is 1. The zero-order chi connectivity index (χ0) is 20.2. The first-order valence-electron chi connectivity index (χ1n) is 8.85. The van der Waals surface area contributed by atoms with E-state index in [1.807, 2.05) is 0 Å². The molecule has 0 fully saturated rings. The summed E-state index contributed by atoms with van der Waals surface area (Å²) < 4.78 is 15.9. The number of alkyl halides is 1. The van der Waals surface area contributed by atoms with Gasteiger partial charge in [-0.2, -0.15) is 0 Å². The highest BCUT2D eigenvalue weighted by molar-refractivity contribution is 14.1. The van der Waals surface area contributed by atoms with Gasteiger partial charge in [0.25, 0.3) is 0 Å². The van der Waals surface area contributed by atoms with Crippen LogP contribution in [0, 0.1) is 5.92 Å². The van der Waals surface area contributed by atoms with Crippen molar-refractivity contribution in [2.75, 3.05) is 18.6 Å². The first-order valence-corrected chi connectivity index (χ1v) is 10.4. The van der Waals surface area contributed by atoms with E-state index in [-0.39, 0.29) is 6.42 Å². The Morgan fingerprint density at radius 1 is 0.962 bits per heavy atom. The number of unbranched alkanes of at least 4 members (excludes halogenated alkanes) is 3. The monoisotopic (exact) mass is 485 g/mol. The topological polar surface area (TPSA) is 90.9 Å². The van der Waals surface area contributed by atoms with Crippen LogP contribution < -0.4 is 5.32 Å². The molecule has 1 N–H and O–H groups in total. The van der Waals surface area contributed by atoms with Crippen molar-refractivity contribution in [2.45, 2.75) is 70.9 Å². The minimum absolute atomic E-state index is 0.116. The van der Waals surface area contributed by atoms with Crippen LogP contribution in [0.25, 0.3) is 0 Å². The van der Waals surface area contributed by atoms with Gasteiger partial charge in [-0.1, -0.05) is 41.9 Å². The van der Waals surface area contributed by atoms with Crippen molar-refractivity contribution < 1.29 is 28.6 Å². The molecular weight excluding hydrogens is 453 g/mol. The molecule has 0 aliphatic rings. The van der Waals surface area contributed by atoms with Gasteiger partial charge in [0.15, 0.2) is 0 Å². The average molecular weight is 485 g/mol. The SMILES string of the molecule is COC(=O)C(CCCCCCI)CC(NC(=O)OC(C)(C)C)C(=O)OC. The van der Waals surface area contributed by atoms with Gasteiger partial charge in [0, 0.05) is 0 Å². The van der Waals surface area contributed by atoms with Gasteiger partial charge >= 0.3 is 18.0 Å². The van der Waals surface area contributed by atoms with Gasteiger partial charge < -0.3 is 19.5 Å². The van der Waals surface area contributed by atoms with Crippen LogP contribution in [0.15, 0.2) is 0 Å². The number of carbonyl (C=O) groups is 3. The van der Waals surface area contributed by atoms with Gasteiger partial charge in [0.2, 0.25) is 0 Å². The van der Waals surface area contributed by atoms with E-state index >= 15 is 0 Å². The third kappa shape index (κ3) is 11.5. The number of carbonyl (C=O) groups excluding carboxylic acids is 3. The van der Waals surface area contributed by atoms with E-state index in [1.54, 1.807) is 20.8 Å². The van der Waals surface area contributed by atoms with Crippen molar-refractivity contribution >= 4 is 40.6 Å². The molecule has 7 nitrogen and oxygen atoms in total. The van der Waals surface area contributed by atoms with Gasteiger partial charge in [-0.25, -0.2) is 9.59 Å². The average Bonchev–Trinajstić information content (AvgIpc) is 2.56. The van der Waals surface area contributed by atoms with Crippen LogP contribution in [-0.4, -0.2) is 48.3 Å². The van der Waals surface area contributed by atoms with E-state index in [9.17, 15) is 14.4 Å². The lowest BCUT2D eigenvalue weighted by molar-refractivity contribution is -0.148. The summed E-state index contributed by atoms with van der Waals surface area (Å²) in [6, 6.07) is -0.965. The predicted octanol–water partition coefficient (Wildman–Crippen LogP) is 3.62. The number of rotatable bonds is 11. The van der Waals surface area contributed by atoms with E-state index in [1.165, 1.54) is 14.2 Å². The van der Waals surface area contributed by atoms with Crippen molar-refractivity contribution in [1.29, 1.82) is 0 Å². The molecule has 0 bridgehead atoms. The number of ether oxygens (including phenoxy) is 3. The van der Waals surface area contributed by atoms with Crippen molar-refractivity contribution in [1.82, 2.24) is 5.32 Å². The summed E-state index contributed by atoms with van der Waals surface area (Å²) in [5.41, 5.74) is -0.689. The number of methoxy groups -OCH3 is 2. The largest absolute Gasteiger partial charge is 0.469 e. The number of amides is 1. The molecule has 8 heteroatoms. The van der Waals surface area contributed by atoms with Gasteiger partial charge in [-0.3, -0.25) is 4.79 Å². The third-order valence-electron chi connectivity index (χ3n) is 3.67. The number of nitrogens with one attached hydrogen (secondary N) is 1. The van der Waals surface area contributed by atoms with Gasteiger partial charge in [-0.05, 0) is 44.5 Å². The number of esters is 2. The maximum atomic E-state index is 12.1. The molecule has 0 radical (unpaired) electrons. The van der Waals surface area contributed by atoms with Crippen molar-refractivity contribution in [3.63, 3.8) is 0 Å². The zero-order valence-corrected chi connectivity index (χ0v) is 18.6. The summed E-state index contributed by atoms with van der Waals surface area (Å²) in [7, 11) is 2.56. The number of halogens is 1. The Labute approximate surface area is 170 Å². The highest BCUT2D eigenvalue weighted by Gasteiger charge is 2.31. The smallest absolute Gasteiger partial charge is 0.408 e. The molecule has 0 saturated carbocycles. The predicted molar refractivity (Wildman–Crippen MR) is 107 cm³/mol. The van der Waals surface area contributed by atoms with Crippen molar-refractivity contribution in [2.24, 2.45) is 5.92 Å². The highest BCUT2D eigenvalue weighted by atomic mass is 127. The summed E-state index contributed by atoms with van der Waals surface area (Å²) in [5, 5.41) is 2.50. The summed E-state index contributed by atoms with van der Waals surface area (Å²) in [5.74, 6) is -1.49. The van der Waals surface area contributed by atoms with Gasteiger partial charge in [0.1, 0.15) is 11.6 Å². The molecule has 0 aromatic heterocycles. The molecule has 1 amide bonds. The molecule has 26 heavy (non-hydrogen) atoms. The molecular formula is C18H32INO6. The van der Waals surface area contributed by atoms with Crippen molar-refractivity contribution in [3.8, 4) is 0 Å². The maximum Gasteiger partial charge on any atom is 0.408 e. The van der Waals surface area contributed by atoms with Crippen LogP contribution in [0.4, 0.5) is 4.79 Å². The molecule has 0 heterocycles. The summed E-state index contributed by atoms with van der Waals surface area (Å²) in [4.78, 5) is 36.1. The molecule has 0 aliphatic heterocycles. The second-order valence-corrected chi connectivity index (χ2v) is 8.15. The van der Waals surface area contributed by atoms with E-state index < -0.39 is 35.6 Å². The Kier molecular flexibility index (Phi) is 12.6. The van der Waals surface area contributed by atoms with E-state index in [0.717, 1.165) is 30.1 Å². The van der Waals surface area contributed by atoms with Crippen LogP contribution in [0.5, 0.6) is 0 Å². The van der Waals surface area contributed by atoms with E-state index in [2.05, 4.69) is 27.9 Å². The number of alkyl carbamates (subject to hydrolysis) is 1. The zero-order valence-electron chi connectivity index (χ0n) is 16.4. The molecule has 2 atom stereocenters. The van der Waals surface area contributed by atoms with Crippen molar-refractivity contribution in [3.05, 3.63) is 0 Å². The standard InChI is InChI=1S/C18H32INO6/c1-18(2,3)26-17(23)20-14(16(22)25-5)12-13(15(21)24-4)10-8-6-7-9-11-19/h13-14H,6-12H2,1-5H3,(H,20,23). The molecule has 0 aromatic carbocycles. The molecule has 0 rings (SSSR count). The summed E-state index contributed by atoms with van der Waals surface area (Å²) >= 11 is 2.34. The van der Waals surface area contributed by atoms with E-state index in [4.69, 9.17) is 14.2 Å². The lowest BCUT2D eigenvalue weighted by Gasteiger charge is -2.24. The molecule has 0 spiro atoms. The molecule has 2 unspecified atom stereocenters. The fourth-order valence-corrected chi connectivity index (χ4v) is 2.97. The van der Waals surface area contributed by atoms with Crippen LogP contribution in [-0.2, 0) is 23.8 Å². The van der Waals surface area contributed by atoms with Crippen LogP contribution >= 0.6 is 22.6 Å². The normalized spacial score (nSPS) is 13.5. The van der Waals surface area contributed by atoms with Crippen LogP contribution in [0.1, 0.15) is 59.3 Å². The Bertz CT molecular complexity index is 449. The summed E-state index contributed by atoms with van der Waals surface area (Å²) in [6.07, 6.45) is 4.11. The highest BCUT2D eigenvalue weighted by Crippen LogP contribution is 2.19. The summed E-state index contributed by atoms with van der Waals surface area (Å²) in [6.45, 7) is 5.19. The van der Waals surface area contributed by atoms with Crippen LogP contribution in [0.2, 0.25) is 0 Å². The third-order valence-corrected chi connectivity index (χ3v) is 4.43. The molecule has 152 valence electrons. The molecule has 0 aromatic rings. The lowest BCUT2D eigenvalue weighted by Crippen LogP contribution is -2.45. The number of hydrogen-bond acceptors (Lipinski definition) is 6. The molecule has 0 aliphatic carbocycles. The Morgan fingerprint density at radius 2 is 1.54 bits per heavy atom. The Balaban J connectivity index is 4.88. The van der Waals surface area contributed by atoms with Crippen LogP contribution in [0.3, 0.4) is 0 Å². The first kappa shape index (κ1) is 24.9. The van der Waals surface area contributed by atoms with Gasteiger partial charge in [-0.15, -0.1) is 0 Å². The maximum absolute atomic E-state index is 12.1. The first-order chi connectivity index (χ1) is 12.1. The quantitative estimate of drug-likeness (QED) is 0.158.